The first-order chi connectivity index (χ1) is 12.1. The molecule has 2 aromatic carbocycles. The Bertz CT molecular complexity index is 1100. The predicted octanol–water partition coefficient (Wildman–Crippen LogP) is 3.06. The van der Waals surface area contributed by atoms with Crippen LogP contribution in [0.3, 0.4) is 0 Å². The average molecular weight is 332 g/mol. The van der Waals surface area contributed by atoms with E-state index in [1.807, 2.05) is 42.8 Å². The number of nitrogens with zero attached hydrogens (tertiary/aromatic N) is 5. The van der Waals surface area contributed by atoms with Crippen LogP contribution in [0.25, 0.3) is 22.1 Å². The lowest BCUT2D eigenvalue weighted by molar-refractivity contribution is 0.475. The molecular formula is C18H16N6O. The van der Waals surface area contributed by atoms with Crippen LogP contribution in [0, 0.1) is 0 Å². The topological polar surface area (TPSA) is 88.2 Å². The number of fused-ring (bicyclic) bond motifs is 3. The van der Waals surface area contributed by atoms with E-state index in [-0.39, 0.29) is 5.75 Å². The first-order valence-electron chi connectivity index (χ1n) is 7.81. The van der Waals surface area contributed by atoms with Gasteiger partial charge in [0.2, 0.25) is 0 Å². The van der Waals surface area contributed by atoms with Crippen LogP contribution in [0.2, 0.25) is 0 Å². The Labute approximate surface area is 143 Å². The average Bonchev–Trinajstić information content (AvgIpc) is 2.93. The number of nitrogens with one attached hydrogen (secondary N) is 1. The Morgan fingerprint density at radius 3 is 2.64 bits per heavy atom. The minimum atomic E-state index is 0.221. The van der Waals surface area contributed by atoms with Crippen LogP contribution in [-0.2, 0) is 7.05 Å². The predicted molar refractivity (Wildman–Crippen MR) is 97.8 cm³/mol. The van der Waals surface area contributed by atoms with Crippen molar-refractivity contribution in [3.05, 3.63) is 54.1 Å². The molecule has 4 rings (SSSR count). The van der Waals surface area contributed by atoms with Gasteiger partial charge in [0.1, 0.15) is 11.3 Å². The number of hydrogen-bond donors (Lipinski definition) is 2. The van der Waals surface area contributed by atoms with Crippen molar-refractivity contribution < 1.29 is 5.11 Å². The van der Waals surface area contributed by atoms with Crippen molar-refractivity contribution >= 4 is 33.7 Å². The number of rotatable bonds is 3. The summed E-state index contributed by atoms with van der Waals surface area (Å²) < 4.78 is 1.99. The highest BCUT2D eigenvalue weighted by atomic mass is 16.3. The van der Waals surface area contributed by atoms with E-state index >= 15 is 0 Å². The maximum atomic E-state index is 9.35. The quantitative estimate of drug-likeness (QED) is 0.445. The van der Waals surface area contributed by atoms with E-state index in [1.54, 1.807) is 24.3 Å². The maximum Gasteiger partial charge on any atom is 0.265 e. The third-order valence-electron chi connectivity index (χ3n) is 4.12. The van der Waals surface area contributed by atoms with E-state index in [2.05, 4.69) is 25.7 Å². The molecule has 7 heteroatoms. The van der Waals surface area contributed by atoms with Crippen LogP contribution >= 0.6 is 0 Å². The number of benzene rings is 2. The number of anilines is 1. The molecule has 0 aliphatic carbocycles. The van der Waals surface area contributed by atoms with Gasteiger partial charge in [-0.05, 0) is 42.8 Å². The minimum Gasteiger partial charge on any atom is -0.508 e. The largest absolute Gasteiger partial charge is 0.508 e. The van der Waals surface area contributed by atoms with E-state index in [0.29, 0.717) is 5.95 Å². The van der Waals surface area contributed by atoms with Crippen molar-refractivity contribution in [3.63, 3.8) is 0 Å². The fraction of sp³-hybridized carbons (Fsp3) is 0.111. The van der Waals surface area contributed by atoms with Gasteiger partial charge >= 0.3 is 0 Å². The van der Waals surface area contributed by atoms with E-state index in [4.69, 9.17) is 0 Å². The van der Waals surface area contributed by atoms with E-state index in [1.165, 1.54) is 0 Å². The number of hydrogen-bond acceptors (Lipinski definition) is 6. The van der Waals surface area contributed by atoms with Gasteiger partial charge < -0.3 is 9.67 Å². The van der Waals surface area contributed by atoms with Crippen molar-refractivity contribution in [1.29, 1.82) is 0 Å². The lowest BCUT2D eigenvalue weighted by atomic mass is 10.1. The summed E-state index contributed by atoms with van der Waals surface area (Å²) in [5, 5.41) is 23.1. The van der Waals surface area contributed by atoms with Crippen LogP contribution in [0.5, 0.6) is 5.75 Å². The number of aryl methyl sites for hydroxylation is 1. The smallest absolute Gasteiger partial charge is 0.265 e. The van der Waals surface area contributed by atoms with Gasteiger partial charge in [0.05, 0.1) is 11.2 Å². The first kappa shape index (κ1) is 15.1. The summed E-state index contributed by atoms with van der Waals surface area (Å²) >= 11 is 0. The molecule has 0 fully saturated rings. The number of hydrazone groups is 1. The molecule has 2 N–H and O–H groups in total. The summed E-state index contributed by atoms with van der Waals surface area (Å²) in [6.07, 6.45) is 0. The zero-order chi connectivity index (χ0) is 17.4. The normalized spacial score (nSPS) is 12.0. The van der Waals surface area contributed by atoms with Crippen LogP contribution in [-0.4, -0.2) is 30.6 Å². The molecule has 0 spiro atoms. The Kier molecular flexibility index (Phi) is 3.53. The lowest BCUT2D eigenvalue weighted by Crippen LogP contribution is -2.04. The van der Waals surface area contributed by atoms with E-state index in [0.717, 1.165) is 33.3 Å². The van der Waals surface area contributed by atoms with Gasteiger partial charge in [-0.25, -0.2) is 5.43 Å². The highest BCUT2D eigenvalue weighted by Gasteiger charge is 2.11. The van der Waals surface area contributed by atoms with Gasteiger partial charge in [-0.15, -0.1) is 10.2 Å². The maximum absolute atomic E-state index is 9.35. The lowest BCUT2D eigenvalue weighted by Gasteiger charge is -2.03. The molecule has 0 amide bonds. The number of para-hydroxylation sites is 1. The molecule has 0 aliphatic heterocycles. The Morgan fingerprint density at radius 2 is 1.84 bits per heavy atom. The monoisotopic (exact) mass is 332 g/mol. The highest BCUT2D eigenvalue weighted by Crippen LogP contribution is 2.24. The van der Waals surface area contributed by atoms with Gasteiger partial charge in [-0.3, -0.25) is 0 Å². The third-order valence-corrected chi connectivity index (χ3v) is 4.12. The molecule has 0 unspecified atom stereocenters. The molecule has 0 aliphatic rings. The third kappa shape index (κ3) is 2.65. The van der Waals surface area contributed by atoms with Gasteiger partial charge in [0, 0.05) is 12.4 Å². The zero-order valence-electron chi connectivity index (χ0n) is 13.8. The molecule has 0 saturated heterocycles. The van der Waals surface area contributed by atoms with Crippen LogP contribution in [0.15, 0.2) is 53.6 Å². The summed E-state index contributed by atoms with van der Waals surface area (Å²) in [6, 6.07) is 14.8. The molecule has 0 atom stereocenters. The fourth-order valence-corrected chi connectivity index (χ4v) is 2.75. The highest BCUT2D eigenvalue weighted by molar-refractivity contribution is 6.04. The molecule has 4 aromatic rings. The van der Waals surface area contributed by atoms with Gasteiger partial charge in [-0.1, -0.05) is 18.2 Å². The van der Waals surface area contributed by atoms with Crippen molar-refractivity contribution in [3.8, 4) is 5.75 Å². The molecule has 7 nitrogen and oxygen atoms in total. The number of phenolic OH excluding ortho intramolecular Hbond substituents is 1. The molecule has 124 valence electrons. The molecule has 2 heterocycles. The molecule has 25 heavy (non-hydrogen) atoms. The number of aromatic hydroxyl groups is 1. The Balaban J connectivity index is 1.68. The zero-order valence-corrected chi connectivity index (χ0v) is 13.8. The fourth-order valence-electron chi connectivity index (χ4n) is 2.75. The van der Waals surface area contributed by atoms with Crippen molar-refractivity contribution in [1.82, 2.24) is 19.7 Å². The second-order valence-electron chi connectivity index (χ2n) is 5.74. The molecule has 2 aromatic heterocycles. The standard InChI is InChI=1S/C18H16N6O/c1-11(12-7-9-13(25)10-8-12)20-22-18-19-17-16(21-23-18)14-5-3-4-6-15(14)24(17)2/h3-10,25H,1-2H3,(H,19,22,23). The molecular weight excluding hydrogens is 316 g/mol. The van der Waals surface area contributed by atoms with Crippen LogP contribution in [0.4, 0.5) is 5.95 Å². The summed E-state index contributed by atoms with van der Waals surface area (Å²) in [7, 11) is 1.95. The van der Waals surface area contributed by atoms with Gasteiger partial charge in [0.15, 0.2) is 5.65 Å². The molecule has 0 radical (unpaired) electrons. The van der Waals surface area contributed by atoms with Gasteiger partial charge in [-0.2, -0.15) is 10.1 Å². The van der Waals surface area contributed by atoms with Crippen LogP contribution in [0.1, 0.15) is 12.5 Å². The van der Waals surface area contributed by atoms with Crippen molar-refractivity contribution in [2.45, 2.75) is 6.92 Å². The second kappa shape index (κ2) is 5.86. The number of aromatic nitrogens is 4. The Morgan fingerprint density at radius 1 is 1.08 bits per heavy atom. The second-order valence-corrected chi connectivity index (χ2v) is 5.74. The van der Waals surface area contributed by atoms with Crippen molar-refractivity contribution in [2.24, 2.45) is 12.1 Å². The van der Waals surface area contributed by atoms with Gasteiger partial charge in [0.25, 0.3) is 5.95 Å². The number of phenols is 1. The summed E-state index contributed by atoms with van der Waals surface area (Å²) in [5.74, 6) is 0.551. The first-order valence-corrected chi connectivity index (χ1v) is 7.81. The van der Waals surface area contributed by atoms with Crippen LogP contribution < -0.4 is 5.43 Å². The SMILES string of the molecule is CC(=NNc1nnc2c3ccccc3n(C)c2n1)c1ccc(O)cc1. The molecule has 0 saturated carbocycles. The van der Waals surface area contributed by atoms with E-state index in [9.17, 15) is 5.11 Å². The summed E-state index contributed by atoms with van der Waals surface area (Å²) in [4.78, 5) is 4.52. The summed E-state index contributed by atoms with van der Waals surface area (Å²) in [6.45, 7) is 1.86. The Hall–Kier alpha value is -3.48. The van der Waals surface area contributed by atoms with E-state index < -0.39 is 0 Å². The van der Waals surface area contributed by atoms with Crippen molar-refractivity contribution in [2.75, 3.05) is 5.43 Å². The summed E-state index contributed by atoms with van der Waals surface area (Å²) in [5.41, 5.74) is 7.06. The molecule has 0 bridgehead atoms. The minimum absolute atomic E-state index is 0.221.